The van der Waals surface area contributed by atoms with Crippen LogP contribution >= 0.6 is 0 Å². The number of hydrogen-bond donors (Lipinski definition) is 1. The summed E-state index contributed by atoms with van der Waals surface area (Å²) in [6.45, 7) is 3.37. The Morgan fingerprint density at radius 1 is 1.30 bits per heavy atom. The van der Waals surface area contributed by atoms with Crippen LogP contribution in [0.4, 0.5) is 0 Å². The van der Waals surface area contributed by atoms with E-state index in [4.69, 9.17) is 0 Å². The maximum atomic E-state index is 12.4. The van der Waals surface area contributed by atoms with Crippen LogP contribution in [0.1, 0.15) is 53.0 Å². The SMILES string of the molecule is Cc1cnc(C(=O)N2CCC(Cc3nc(C4CC4)n[nH]3)C2)cn1. The molecular formula is C16H20N6O. The van der Waals surface area contributed by atoms with Crippen molar-refractivity contribution in [3.8, 4) is 0 Å². The van der Waals surface area contributed by atoms with E-state index in [1.165, 1.54) is 12.8 Å². The second kappa shape index (κ2) is 5.72. The minimum atomic E-state index is -0.0313. The van der Waals surface area contributed by atoms with Crippen molar-refractivity contribution in [1.82, 2.24) is 30.0 Å². The summed E-state index contributed by atoms with van der Waals surface area (Å²) >= 11 is 0. The smallest absolute Gasteiger partial charge is 0.274 e. The van der Waals surface area contributed by atoms with Gasteiger partial charge in [0.25, 0.3) is 5.91 Å². The molecule has 1 saturated carbocycles. The largest absolute Gasteiger partial charge is 0.337 e. The molecule has 23 heavy (non-hydrogen) atoms. The molecule has 7 nitrogen and oxygen atoms in total. The first-order chi connectivity index (χ1) is 11.2. The molecule has 2 aliphatic rings. The lowest BCUT2D eigenvalue weighted by Crippen LogP contribution is -2.29. The second-order valence-electron chi connectivity index (χ2n) is 6.57. The summed E-state index contributed by atoms with van der Waals surface area (Å²) < 4.78 is 0. The molecule has 0 bridgehead atoms. The van der Waals surface area contributed by atoms with Gasteiger partial charge in [-0.05, 0) is 32.1 Å². The zero-order valence-corrected chi connectivity index (χ0v) is 13.2. The molecule has 1 atom stereocenters. The molecule has 3 heterocycles. The van der Waals surface area contributed by atoms with E-state index in [2.05, 4.69) is 25.1 Å². The Bertz CT molecular complexity index is 706. The number of amides is 1. The van der Waals surface area contributed by atoms with E-state index in [0.717, 1.165) is 43.3 Å². The molecule has 1 aliphatic heterocycles. The van der Waals surface area contributed by atoms with Gasteiger partial charge < -0.3 is 4.90 Å². The Kier molecular flexibility index (Phi) is 3.55. The van der Waals surface area contributed by atoms with Gasteiger partial charge in [-0.15, -0.1) is 0 Å². The number of aromatic nitrogens is 5. The van der Waals surface area contributed by atoms with Crippen LogP contribution in [0.25, 0.3) is 0 Å². The summed E-state index contributed by atoms with van der Waals surface area (Å²) in [4.78, 5) is 27.2. The molecule has 0 radical (unpaired) electrons. The zero-order valence-electron chi connectivity index (χ0n) is 13.2. The molecule has 1 saturated heterocycles. The molecule has 2 aromatic rings. The van der Waals surface area contributed by atoms with Crippen LogP contribution in [0.3, 0.4) is 0 Å². The van der Waals surface area contributed by atoms with Crippen LogP contribution in [0.15, 0.2) is 12.4 Å². The van der Waals surface area contributed by atoms with Crippen molar-refractivity contribution < 1.29 is 4.79 Å². The summed E-state index contributed by atoms with van der Waals surface area (Å²) in [6, 6.07) is 0. The Morgan fingerprint density at radius 2 is 2.17 bits per heavy atom. The van der Waals surface area contributed by atoms with Crippen molar-refractivity contribution >= 4 is 5.91 Å². The number of H-pyrrole nitrogens is 1. The molecular weight excluding hydrogens is 292 g/mol. The number of carbonyl (C=O) groups excluding carboxylic acids is 1. The summed E-state index contributed by atoms with van der Waals surface area (Å²) in [7, 11) is 0. The van der Waals surface area contributed by atoms with Crippen molar-refractivity contribution in [3.05, 3.63) is 35.4 Å². The van der Waals surface area contributed by atoms with Crippen molar-refractivity contribution in [3.63, 3.8) is 0 Å². The first-order valence-corrected chi connectivity index (χ1v) is 8.18. The monoisotopic (exact) mass is 312 g/mol. The first-order valence-electron chi connectivity index (χ1n) is 8.18. The lowest BCUT2D eigenvalue weighted by molar-refractivity contribution is 0.0780. The molecule has 120 valence electrons. The van der Waals surface area contributed by atoms with Gasteiger partial charge >= 0.3 is 0 Å². The van der Waals surface area contributed by atoms with Gasteiger partial charge in [-0.25, -0.2) is 9.97 Å². The number of nitrogens with zero attached hydrogens (tertiary/aromatic N) is 5. The standard InChI is InChI=1S/C16H20N6O/c1-10-7-18-13(8-17-10)16(23)22-5-4-11(9-22)6-14-19-15(21-20-14)12-2-3-12/h7-8,11-12H,2-6,9H2,1H3,(H,19,20,21). The highest BCUT2D eigenvalue weighted by atomic mass is 16.2. The van der Waals surface area contributed by atoms with Crippen LogP contribution in [0.5, 0.6) is 0 Å². The van der Waals surface area contributed by atoms with Gasteiger partial charge in [0, 0.05) is 31.6 Å². The van der Waals surface area contributed by atoms with Crippen molar-refractivity contribution in [2.45, 2.75) is 38.5 Å². The first kappa shape index (κ1) is 14.3. The predicted octanol–water partition coefficient (Wildman–Crippen LogP) is 1.49. The topological polar surface area (TPSA) is 87.7 Å². The van der Waals surface area contributed by atoms with Crippen molar-refractivity contribution in [2.24, 2.45) is 5.92 Å². The summed E-state index contributed by atoms with van der Waals surface area (Å²) in [5.41, 5.74) is 1.24. The maximum absolute atomic E-state index is 12.4. The van der Waals surface area contributed by atoms with Gasteiger partial charge in [-0.1, -0.05) is 0 Å². The fraction of sp³-hybridized carbons (Fsp3) is 0.562. The number of carbonyl (C=O) groups is 1. The average molecular weight is 312 g/mol. The third-order valence-electron chi connectivity index (χ3n) is 4.55. The average Bonchev–Trinajstić information content (AvgIpc) is 3.13. The highest BCUT2D eigenvalue weighted by Gasteiger charge is 2.30. The van der Waals surface area contributed by atoms with Gasteiger partial charge in [-0.3, -0.25) is 14.9 Å². The van der Waals surface area contributed by atoms with Crippen LogP contribution in [0, 0.1) is 12.8 Å². The van der Waals surface area contributed by atoms with Crippen molar-refractivity contribution in [2.75, 3.05) is 13.1 Å². The summed E-state index contributed by atoms with van der Waals surface area (Å²) in [5, 5.41) is 7.34. The third-order valence-corrected chi connectivity index (χ3v) is 4.55. The molecule has 1 unspecified atom stereocenters. The summed E-state index contributed by atoms with van der Waals surface area (Å²) in [6.07, 6.45) is 7.45. The Labute approximate surface area is 134 Å². The third kappa shape index (κ3) is 3.09. The van der Waals surface area contributed by atoms with E-state index in [1.54, 1.807) is 12.4 Å². The van der Waals surface area contributed by atoms with Gasteiger partial charge in [0.05, 0.1) is 11.9 Å². The highest BCUT2D eigenvalue weighted by Crippen LogP contribution is 2.37. The lowest BCUT2D eigenvalue weighted by atomic mass is 10.1. The molecule has 1 N–H and O–H groups in total. The number of hydrogen-bond acceptors (Lipinski definition) is 5. The second-order valence-corrected chi connectivity index (χ2v) is 6.57. The molecule has 0 spiro atoms. The van der Waals surface area contributed by atoms with E-state index in [9.17, 15) is 4.79 Å². The Hall–Kier alpha value is -2.31. The Morgan fingerprint density at radius 3 is 2.91 bits per heavy atom. The molecule has 0 aromatic carbocycles. The minimum Gasteiger partial charge on any atom is -0.337 e. The normalized spacial score (nSPS) is 20.9. The zero-order chi connectivity index (χ0) is 15.8. The molecule has 7 heteroatoms. The molecule has 4 rings (SSSR count). The Balaban J connectivity index is 1.36. The molecule has 2 aromatic heterocycles. The van der Waals surface area contributed by atoms with E-state index >= 15 is 0 Å². The van der Waals surface area contributed by atoms with E-state index in [-0.39, 0.29) is 5.91 Å². The van der Waals surface area contributed by atoms with Gasteiger partial charge in [0.15, 0.2) is 5.82 Å². The molecule has 1 amide bonds. The fourth-order valence-electron chi connectivity index (χ4n) is 3.05. The predicted molar refractivity (Wildman–Crippen MR) is 82.8 cm³/mol. The van der Waals surface area contributed by atoms with Gasteiger partial charge in [-0.2, -0.15) is 5.10 Å². The van der Waals surface area contributed by atoms with Gasteiger partial charge in [0.1, 0.15) is 11.5 Å². The van der Waals surface area contributed by atoms with E-state index in [0.29, 0.717) is 17.5 Å². The number of nitrogens with one attached hydrogen (secondary N) is 1. The van der Waals surface area contributed by atoms with Crippen LogP contribution in [0.2, 0.25) is 0 Å². The minimum absolute atomic E-state index is 0.0313. The van der Waals surface area contributed by atoms with Crippen LogP contribution < -0.4 is 0 Å². The van der Waals surface area contributed by atoms with Crippen LogP contribution in [-0.4, -0.2) is 49.0 Å². The van der Waals surface area contributed by atoms with Crippen LogP contribution in [-0.2, 0) is 6.42 Å². The summed E-state index contributed by atoms with van der Waals surface area (Å²) in [5.74, 6) is 2.87. The number of aryl methyl sites for hydroxylation is 1. The molecule has 2 fully saturated rings. The quantitative estimate of drug-likeness (QED) is 0.924. The van der Waals surface area contributed by atoms with E-state index < -0.39 is 0 Å². The number of aromatic amines is 1. The van der Waals surface area contributed by atoms with E-state index in [1.807, 2.05) is 11.8 Å². The van der Waals surface area contributed by atoms with Crippen molar-refractivity contribution in [1.29, 1.82) is 0 Å². The number of likely N-dealkylation sites (tertiary alicyclic amines) is 1. The molecule has 1 aliphatic carbocycles. The number of rotatable bonds is 4. The highest BCUT2D eigenvalue weighted by molar-refractivity contribution is 5.92. The fourth-order valence-corrected chi connectivity index (χ4v) is 3.05. The van der Waals surface area contributed by atoms with Gasteiger partial charge in [0.2, 0.25) is 0 Å². The maximum Gasteiger partial charge on any atom is 0.274 e. The lowest BCUT2D eigenvalue weighted by Gasteiger charge is -2.15.